The first-order chi connectivity index (χ1) is 24.7. The number of imidazole rings is 2. The van der Waals surface area contributed by atoms with Gasteiger partial charge in [-0.1, -0.05) is 68.0 Å². The van der Waals surface area contributed by atoms with Gasteiger partial charge in [-0.15, -0.1) is 0 Å². The molecule has 1 fully saturated rings. The van der Waals surface area contributed by atoms with Crippen LogP contribution in [-0.2, 0) is 40.0 Å². The van der Waals surface area contributed by atoms with E-state index in [1.807, 2.05) is 60.5 Å². The number of amides is 2. The number of halogens is 1. The summed E-state index contributed by atoms with van der Waals surface area (Å²) >= 11 is 7.00. The number of rotatable bonds is 10. The molecule has 3 aliphatic rings. The molecule has 4 aromatic rings. The number of benzene rings is 2. The molecule has 2 amide bonds. The van der Waals surface area contributed by atoms with Gasteiger partial charge in [-0.2, -0.15) is 0 Å². The third-order valence-electron chi connectivity index (χ3n) is 11.2. The highest BCUT2D eigenvalue weighted by atomic mass is 35.5. The molecule has 0 bridgehead atoms. The molecule has 3 N–H and O–H groups in total. The predicted molar refractivity (Wildman–Crippen MR) is 200 cm³/mol. The first kappa shape index (κ1) is 35.4. The molecule has 7 rings (SSSR count). The maximum absolute atomic E-state index is 13.7. The largest absolute Gasteiger partial charge is 0.395 e. The van der Waals surface area contributed by atoms with Gasteiger partial charge in [0.2, 0.25) is 0 Å². The zero-order valence-corrected chi connectivity index (χ0v) is 30.7. The third kappa shape index (κ3) is 7.35. The fraction of sp³-hybridized carbons (Fsp3) is 0.487. The average molecular weight is 713 g/mol. The van der Waals surface area contributed by atoms with Crippen molar-refractivity contribution in [3.05, 3.63) is 81.4 Å². The van der Waals surface area contributed by atoms with Crippen LogP contribution in [0.3, 0.4) is 0 Å². The molecule has 270 valence electrons. The lowest BCUT2D eigenvalue weighted by molar-refractivity contribution is 0.100. The molecule has 12 heteroatoms. The van der Waals surface area contributed by atoms with Crippen molar-refractivity contribution in [3.63, 3.8) is 0 Å². The van der Waals surface area contributed by atoms with E-state index in [0.29, 0.717) is 41.1 Å². The number of hydrogen-bond donors (Lipinski definition) is 3. The van der Waals surface area contributed by atoms with Crippen LogP contribution in [0.4, 0.5) is 11.4 Å². The van der Waals surface area contributed by atoms with E-state index in [0.717, 1.165) is 84.4 Å². The van der Waals surface area contributed by atoms with Crippen LogP contribution >= 0.6 is 11.6 Å². The topological polar surface area (TPSA) is 121 Å². The Kier molecular flexibility index (Phi) is 10.6. The summed E-state index contributed by atoms with van der Waals surface area (Å²) in [5.41, 5.74) is 7.60. The summed E-state index contributed by atoms with van der Waals surface area (Å²) in [6, 6.07) is 11.3. The number of carbonyl (C=O) groups is 2. The summed E-state index contributed by atoms with van der Waals surface area (Å²) in [6.45, 7) is 6.90. The summed E-state index contributed by atoms with van der Waals surface area (Å²) in [7, 11) is 3.80. The number of aliphatic hydroxyl groups excluding tert-OH is 1. The number of anilines is 2. The van der Waals surface area contributed by atoms with E-state index in [4.69, 9.17) is 16.6 Å². The van der Waals surface area contributed by atoms with Crippen LogP contribution in [0.25, 0.3) is 11.1 Å². The van der Waals surface area contributed by atoms with Gasteiger partial charge in [-0.3, -0.25) is 19.4 Å². The number of β-amino-alcohol motifs (C(OH)–C–C–N with tert-alkyl or cyclic N) is 1. The summed E-state index contributed by atoms with van der Waals surface area (Å²) in [5.74, 6) is 0.987. The molecular weight excluding hydrogens is 664 g/mol. The Hall–Kier alpha value is -4.03. The zero-order valence-electron chi connectivity index (χ0n) is 30.0. The number of aromatic nitrogens is 4. The summed E-state index contributed by atoms with van der Waals surface area (Å²) in [6.07, 6.45) is 9.73. The summed E-state index contributed by atoms with van der Waals surface area (Å²) < 4.78 is 3.80. The molecule has 51 heavy (non-hydrogen) atoms. The van der Waals surface area contributed by atoms with Crippen LogP contribution in [0.15, 0.2) is 36.4 Å². The standard InChI is InChI=1S/C39H49ClN8O3/c1-25-27(11-7-13-29(25)43-38(50)36-42-32-24-48(21-22-49)20-17-34(32)45(36)2)28-12-8-14-30(35(28)40)44-39(51)37-41-31-23-47(19-16-33(31)46(37)3)18-15-26-9-5-4-6-10-26/h7-8,11-14,26,49H,4-6,9-10,15-24H2,1-3H3,(H,43,50)(H,44,51). The number of nitrogens with one attached hydrogen (secondary N) is 2. The Labute approximate surface area is 305 Å². The quantitative estimate of drug-likeness (QED) is 0.186. The minimum absolute atomic E-state index is 0.0927. The molecular formula is C39H49ClN8O3. The fourth-order valence-corrected chi connectivity index (χ4v) is 8.47. The molecule has 2 aromatic carbocycles. The Bertz CT molecular complexity index is 1930. The van der Waals surface area contributed by atoms with E-state index < -0.39 is 0 Å². The lowest BCUT2D eigenvalue weighted by Crippen LogP contribution is -2.33. The molecule has 0 radical (unpaired) electrons. The minimum Gasteiger partial charge on any atom is -0.395 e. The van der Waals surface area contributed by atoms with Crippen LogP contribution < -0.4 is 10.6 Å². The monoisotopic (exact) mass is 712 g/mol. The Morgan fingerprint density at radius 1 is 0.804 bits per heavy atom. The van der Waals surface area contributed by atoms with Crippen molar-refractivity contribution in [2.45, 2.75) is 71.4 Å². The van der Waals surface area contributed by atoms with Crippen molar-refractivity contribution >= 4 is 34.8 Å². The highest BCUT2D eigenvalue weighted by Crippen LogP contribution is 2.38. The maximum Gasteiger partial charge on any atom is 0.291 e. The number of nitrogens with zero attached hydrogens (tertiary/aromatic N) is 6. The molecule has 0 atom stereocenters. The average Bonchev–Trinajstić information content (AvgIpc) is 3.65. The van der Waals surface area contributed by atoms with Gasteiger partial charge in [0.05, 0.1) is 28.7 Å². The fourth-order valence-electron chi connectivity index (χ4n) is 8.19. The highest BCUT2D eigenvalue weighted by Gasteiger charge is 2.28. The molecule has 11 nitrogen and oxygen atoms in total. The van der Waals surface area contributed by atoms with E-state index in [9.17, 15) is 14.7 Å². The predicted octanol–water partition coefficient (Wildman–Crippen LogP) is 5.97. The normalized spacial score (nSPS) is 16.9. The molecule has 0 spiro atoms. The van der Waals surface area contributed by atoms with Gasteiger partial charge in [0, 0.05) is 82.3 Å². The van der Waals surface area contributed by atoms with Crippen molar-refractivity contribution in [1.82, 2.24) is 28.9 Å². The lowest BCUT2D eigenvalue weighted by atomic mass is 9.87. The first-order valence-corrected chi connectivity index (χ1v) is 18.7. The zero-order chi connectivity index (χ0) is 35.6. The molecule has 1 aliphatic carbocycles. The molecule has 0 saturated heterocycles. The van der Waals surface area contributed by atoms with Crippen molar-refractivity contribution in [2.24, 2.45) is 20.0 Å². The van der Waals surface area contributed by atoms with Crippen LogP contribution in [0.5, 0.6) is 0 Å². The first-order valence-electron chi connectivity index (χ1n) is 18.4. The number of fused-ring (bicyclic) bond motifs is 2. The van der Waals surface area contributed by atoms with Gasteiger partial charge < -0.3 is 24.9 Å². The Morgan fingerprint density at radius 3 is 1.96 bits per heavy atom. The highest BCUT2D eigenvalue weighted by molar-refractivity contribution is 6.36. The lowest BCUT2D eigenvalue weighted by Gasteiger charge is -2.29. The minimum atomic E-state index is -0.297. The number of aliphatic hydroxyl groups is 1. The van der Waals surface area contributed by atoms with Gasteiger partial charge >= 0.3 is 0 Å². The SMILES string of the molecule is Cc1c(NC(=O)c2nc3c(n2C)CCN(CCO)C3)cccc1-c1cccc(NC(=O)c2nc3c(n2C)CCN(CCC2CCCCC2)C3)c1Cl. The second-order valence-electron chi connectivity index (χ2n) is 14.4. The molecule has 2 aliphatic heterocycles. The van der Waals surface area contributed by atoms with E-state index in [1.54, 1.807) is 6.07 Å². The van der Waals surface area contributed by atoms with E-state index in [2.05, 4.69) is 25.4 Å². The van der Waals surface area contributed by atoms with Gasteiger partial charge in [0.1, 0.15) is 0 Å². The van der Waals surface area contributed by atoms with Gasteiger partial charge in [0.15, 0.2) is 11.6 Å². The second kappa shape index (κ2) is 15.3. The number of hydrogen-bond acceptors (Lipinski definition) is 7. The van der Waals surface area contributed by atoms with Gasteiger partial charge in [-0.05, 0) is 49.1 Å². The Balaban J connectivity index is 1.04. The summed E-state index contributed by atoms with van der Waals surface area (Å²) in [5, 5.41) is 15.9. The van der Waals surface area contributed by atoms with Crippen molar-refractivity contribution < 1.29 is 14.7 Å². The van der Waals surface area contributed by atoms with Crippen molar-refractivity contribution in [1.29, 1.82) is 0 Å². The van der Waals surface area contributed by atoms with E-state index in [1.165, 1.54) is 38.5 Å². The third-order valence-corrected chi connectivity index (χ3v) is 11.6. The van der Waals surface area contributed by atoms with Gasteiger partial charge in [-0.25, -0.2) is 9.97 Å². The maximum atomic E-state index is 13.7. The van der Waals surface area contributed by atoms with Crippen molar-refractivity contribution in [3.8, 4) is 11.1 Å². The Morgan fingerprint density at radius 2 is 1.35 bits per heavy atom. The molecule has 0 unspecified atom stereocenters. The smallest absolute Gasteiger partial charge is 0.291 e. The second-order valence-corrected chi connectivity index (χ2v) is 14.8. The van der Waals surface area contributed by atoms with Crippen LogP contribution in [0.2, 0.25) is 5.02 Å². The van der Waals surface area contributed by atoms with E-state index in [-0.39, 0.29) is 18.4 Å². The van der Waals surface area contributed by atoms with Crippen LogP contribution in [0.1, 0.15) is 88.1 Å². The molecule has 4 heterocycles. The summed E-state index contributed by atoms with van der Waals surface area (Å²) in [4.78, 5) is 41.3. The molecule has 1 saturated carbocycles. The van der Waals surface area contributed by atoms with Crippen LogP contribution in [0, 0.1) is 12.8 Å². The van der Waals surface area contributed by atoms with Gasteiger partial charge in [0.25, 0.3) is 11.8 Å². The van der Waals surface area contributed by atoms with Crippen molar-refractivity contribution in [2.75, 3.05) is 43.4 Å². The number of carbonyl (C=O) groups excluding carboxylic acids is 2. The van der Waals surface area contributed by atoms with Crippen LogP contribution in [-0.4, -0.2) is 78.6 Å². The van der Waals surface area contributed by atoms with E-state index >= 15 is 0 Å². The molecule has 2 aromatic heterocycles.